The summed E-state index contributed by atoms with van der Waals surface area (Å²) in [6.07, 6.45) is -1.90. The minimum Gasteiger partial charge on any atom is -0.445 e. The Bertz CT molecular complexity index is 859. The third kappa shape index (κ3) is 8.11. The first-order valence-corrected chi connectivity index (χ1v) is 11.3. The number of carbonyl (C=O) groups is 1. The van der Waals surface area contributed by atoms with E-state index in [9.17, 15) is 4.79 Å². The zero-order chi connectivity index (χ0) is 21.6. The number of nitrogens with one attached hydrogen (secondary N) is 3. The summed E-state index contributed by atoms with van der Waals surface area (Å²) in [6.45, 7) is 1.99. The highest BCUT2D eigenvalue weighted by atomic mass is 79.9. The highest BCUT2D eigenvalue weighted by Crippen LogP contribution is 2.31. The molecule has 0 heterocycles. The average molecular weight is 605 g/mol. The Kier molecular flexibility index (Phi) is 9.31. The topological polar surface area (TPSA) is 62.4 Å². The van der Waals surface area contributed by atoms with Crippen LogP contribution in [0.1, 0.15) is 11.1 Å². The zero-order valence-corrected chi connectivity index (χ0v) is 21.2. The lowest BCUT2D eigenvalue weighted by atomic mass is 10.2. The number of hydrogen-bond donors (Lipinski definition) is 3. The maximum atomic E-state index is 12.1. The van der Waals surface area contributed by atoms with Crippen molar-refractivity contribution in [2.24, 2.45) is 0 Å². The van der Waals surface area contributed by atoms with Crippen molar-refractivity contribution < 1.29 is 9.53 Å². The fraction of sp³-hybridized carbons (Fsp3) is 0.222. The number of ether oxygens (including phenoxy) is 1. The third-order valence-electron chi connectivity index (χ3n) is 3.57. The summed E-state index contributed by atoms with van der Waals surface area (Å²) < 4.78 is 4.97. The largest absolute Gasteiger partial charge is 0.445 e. The second-order valence-electron chi connectivity index (χ2n) is 5.86. The maximum Gasteiger partial charge on any atom is 0.409 e. The van der Waals surface area contributed by atoms with Gasteiger partial charge in [0.05, 0.1) is 5.69 Å². The molecule has 11 heteroatoms. The number of amides is 1. The number of aryl methyl sites for hydroxylation is 1. The summed E-state index contributed by atoms with van der Waals surface area (Å²) in [7, 11) is 0. The normalized spacial score (nSPS) is 12.1. The number of rotatable bonds is 5. The molecule has 1 atom stereocenters. The van der Waals surface area contributed by atoms with Gasteiger partial charge < -0.3 is 15.4 Å². The average Bonchev–Trinajstić information content (AvgIpc) is 2.62. The Balaban J connectivity index is 1.99. The molecule has 0 aliphatic rings. The standard InChI is InChI=1S/C18H16Br2Cl3N3O2S/c1-10-7-12(19)8-13(20)14(10)24-16(29)25-15(18(21,22)23)26-17(27)28-9-11-5-3-2-4-6-11/h2-8,15H,9H2,1H3,(H,26,27)(H2,24,25,29)/t15-/m0/s1. The number of thiocarbonyl (C=S) groups is 1. The summed E-state index contributed by atoms with van der Waals surface area (Å²) in [5.74, 6) is 0. The molecular weight excluding hydrogens is 588 g/mol. The molecule has 0 unspecified atom stereocenters. The molecule has 0 aliphatic heterocycles. The first kappa shape index (κ1) is 24.5. The van der Waals surface area contributed by atoms with Crippen LogP contribution in [0.15, 0.2) is 51.4 Å². The second kappa shape index (κ2) is 11.0. The van der Waals surface area contributed by atoms with Crippen molar-refractivity contribution in [3.05, 3.63) is 62.5 Å². The molecule has 0 radical (unpaired) electrons. The van der Waals surface area contributed by atoms with E-state index in [4.69, 9.17) is 51.8 Å². The molecule has 2 rings (SSSR count). The second-order valence-corrected chi connectivity index (χ2v) is 10.4. The molecule has 0 aliphatic carbocycles. The lowest BCUT2D eigenvalue weighted by Gasteiger charge is -2.27. The third-order valence-corrected chi connectivity index (χ3v) is 5.53. The van der Waals surface area contributed by atoms with E-state index < -0.39 is 16.1 Å². The van der Waals surface area contributed by atoms with Gasteiger partial charge in [0, 0.05) is 8.95 Å². The van der Waals surface area contributed by atoms with Gasteiger partial charge in [-0.25, -0.2) is 4.79 Å². The molecule has 5 nitrogen and oxygen atoms in total. The fourth-order valence-electron chi connectivity index (χ4n) is 2.22. The summed E-state index contributed by atoms with van der Waals surface area (Å²) in [5.41, 5.74) is 2.49. The molecule has 29 heavy (non-hydrogen) atoms. The predicted octanol–water partition coefficient (Wildman–Crippen LogP) is 6.43. The molecule has 0 spiro atoms. The zero-order valence-electron chi connectivity index (χ0n) is 14.9. The van der Waals surface area contributed by atoms with Crippen LogP contribution < -0.4 is 16.0 Å². The Morgan fingerprint density at radius 3 is 2.41 bits per heavy atom. The quantitative estimate of drug-likeness (QED) is 0.209. The molecule has 0 saturated heterocycles. The number of alkyl carbamates (subject to hydrolysis) is 1. The van der Waals surface area contributed by atoms with Gasteiger partial charge in [-0.05, 0) is 58.3 Å². The van der Waals surface area contributed by atoms with Crippen LogP contribution in [0.2, 0.25) is 0 Å². The highest BCUT2D eigenvalue weighted by Gasteiger charge is 2.35. The number of anilines is 1. The Morgan fingerprint density at radius 1 is 1.17 bits per heavy atom. The molecular formula is C18H16Br2Cl3N3O2S. The fourth-order valence-corrected chi connectivity index (χ4v) is 4.31. The van der Waals surface area contributed by atoms with Gasteiger partial charge in [-0.15, -0.1) is 0 Å². The van der Waals surface area contributed by atoms with Crippen molar-refractivity contribution in [2.45, 2.75) is 23.5 Å². The van der Waals surface area contributed by atoms with Gasteiger partial charge in [0.15, 0.2) is 11.3 Å². The molecule has 0 saturated carbocycles. The van der Waals surface area contributed by atoms with Crippen molar-refractivity contribution in [3.63, 3.8) is 0 Å². The van der Waals surface area contributed by atoms with E-state index >= 15 is 0 Å². The predicted molar refractivity (Wildman–Crippen MR) is 130 cm³/mol. The van der Waals surface area contributed by atoms with Gasteiger partial charge in [0.1, 0.15) is 6.61 Å². The monoisotopic (exact) mass is 601 g/mol. The van der Waals surface area contributed by atoms with Crippen LogP contribution in [-0.4, -0.2) is 21.2 Å². The molecule has 2 aromatic carbocycles. The smallest absolute Gasteiger partial charge is 0.409 e. The van der Waals surface area contributed by atoms with E-state index in [-0.39, 0.29) is 11.7 Å². The van der Waals surface area contributed by atoms with Crippen LogP contribution in [0.5, 0.6) is 0 Å². The molecule has 0 fully saturated rings. The number of benzene rings is 2. The number of hydrogen-bond acceptors (Lipinski definition) is 3. The molecule has 1 amide bonds. The van der Waals surface area contributed by atoms with Crippen LogP contribution in [0, 0.1) is 6.92 Å². The van der Waals surface area contributed by atoms with Gasteiger partial charge >= 0.3 is 6.09 Å². The van der Waals surface area contributed by atoms with Gasteiger partial charge in [-0.3, -0.25) is 5.32 Å². The Labute approximate surface area is 206 Å². The van der Waals surface area contributed by atoms with Crippen LogP contribution in [0.4, 0.5) is 10.5 Å². The summed E-state index contributed by atoms with van der Waals surface area (Å²) in [6, 6.07) is 13.0. The Morgan fingerprint density at radius 2 is 1.83 bits per heavy atom. The first-order valence-electron chi connectivity index (χ1n) is 8.13. The van der Waals surface area contributed by atoms with E-state index in [1.54, 1.807) is 0 Å². The van der Waals surface area contributed by atoms with Crippen LogP contribution in [-0.2, 0) is 11.3 Å². The van der Waals surface area contributed by atoms with Crippen molar-refractivity contribution >= 4 is 95.8 Å². The SMILES string of the molecule is Cc1cc(Br)cc(Br)c1NC(=S)N[C@@H](NC(=O)OCc1ccccc1)C(Cl)(Cl)Cl. The summed E-state index contributed by atoms with van der Waals surface area (Å²) in [4.78, 5) is 12.1. The molecule has 0 aromatic heterocycles. The maximum absolute atomic E-state index is 12.1. The van der Waals surface area contributed by atoms with Crippen molar-refractivity contribution in [2.75, 3.05) is 5.32 Å². The van der Waals surface area contributed by atoms with Crippen molar-refractivity contribution in [1.82, 2.24) is 10.6 Å². The van der Waals surface area contributed by atoms with E-state index in [1.165, 1.54) is 0 Å². The minimum absolute atomic E-state index is 0.0764. The highest BCUT2D eigenvalue weighted by molar-refractivity contribution is 9.11. The van der Waals surface area contributed by atoms with Crippen molar-refractivity contribution in [3.8, 4) is 0 Å². The van der Waals surface area contributed by atoms with E-state index in [0.29, 0.717) is 0 Å². The van der Waals surface area contributed by atoms with E-state index in [2.05, 4.69) is 47.8 Å². The van der Waals surface area contributed by atoms with Gasteiger partial charge in [-0.2, -0.15) is 0 Å². The molecule has 156 valence electrons. The lowest BCUT2D eigenvalue weighted by Crippen LogP contribution is -2.56. The number of carbonyl (C=O) groups excluding carboxylic acids is 1. The molecule has 0 bridgehead atoms. The van der Waals surface area contributed by atoms with E-state index in [1.807, 2.05) is 49.4 Å². The van der Waals surface area contributed by atoms with Crippen LogP contribution in [0.25, 0.3) is 0 Å². The van der Waals surface area contributed by atoms with Crippen molar-refractivity contribution in [1.29, 1.82) is 0 Å². The summed E-state index contributed by atoms with van der Waals surface area (Å²) >= 11 is 30.1. The number of halogens is 5. The van der Waals surface area contributed by atoms with Gasteiger partial charge in [0.25, 0.3) is 0 Å². The van der Waals surface area contributed by atoms with Crippen LogP contribution >= 0.6 is 78.9 Å². The molecule has 2 aromatic rings. The minimum atomic E-state index is -1.89. The first-order chi connectivity index (χ1) is 13.6. The lowest BCUT2D eigenvalue weighted by molar-refractivity contribution is 0.135. The van der Waals surface area contributed by atoms with E-state index in [0.717, 1.165) is 25.8 Å². The Hall–Kier alpha value is -0.770. The van der Waals surface area contributed by atoms with Gasteiger partial charge in [-0.1, -0.05) is 81.1 Å². The van der Waals surface area contributed by atoms with Gasteiger partial charge in [0.2, 0.25) is 3.79 Å². The summed E-state index contributed by atoms with van der Waals surface area (Å²) in [5, 5.41) is 8.42. The molecule has 3 N–H and O–H groups in total. The van der Waals surface area contributed by atoms with Crippen LogP contribution in [0.3, 0.4) is 0 Å². The number of alkyl halides is 3.